The summed E-state index contributed by atoms with van der Waals surface area (Å²) in [4.78, 5) is 34.7. The van der Waals surface area contributed by atoms with Gasteiger partial charge in [0.2, 0.25) is 0 Å². The van der Waals surface area contributed by atoms with Gasteiger partial charge in [-0.05, 0) is 6.92 Å². The van der Waals surface area contributed by atoms with Gasteiger partial charge in [0.05, 0.1) is 6.61 Å². The number of carbonyl (C=O) groups excluding carboxylic acids is 3. The summed E-state index contributed by atoms with van der Waals surface area (Å²) < 4.78 is 4.66. The van der Waals surface area contributed by atoms with Crippen LogP contribution in [-0.2, 0) is 19.1 Å². The molecule has 0 bridgehead atoms. The number of hydrogen-bond donors (Lipinski definition) is 2. The van der Waals surface area contributed by atoms with Crippen molar-refractivity contribution >= 4 is 17.5 Å². The van der Waals surface area contributed by atoms with E-state index in [1.165, 1.54) is 0 Å². The average Bonchev–Trinajstić information content (AvgIpc) is 2.69. The Morgan fingerprint density at radius 3 is 2.67 bits per heavy atom. The van der Waals surface area contributed by atoms with Gasteiger partial charge in [-0.2, -0.15) is 0 Å². The normalized spacial score (nSPS) is 34.3. The van der Waals surface area contributed by atoms with Crippen LogP contribution < -0.4 is 10.6 Å². The van der Waals surface area contributed by atoms with Gasteiger partial charge in [0.15, 0.2) is 23.0 Å². The molecular weight excluding hydrogens is 200 g/mol. The molecule has 1 saturated carbocycles. The van der Waals surface area contributed by atoms with Crippen LogP contribution in [0, 0.1) is 5.92 Å². The van der Waals surface area contributed by atoms with Crippen molar-refractivity contribution in [3.05, 3.63) is 0 Å². The van der Waals surface area contributed by atoms with Crippen LogP contribution in [0.3, 0.4) is 0 Å². The third-order valence-corrected chi connectivity index (χ3v) is 2.79. The highest BCUT2D eigenvalue weighted by atomic mass is 16.5. The Kier molecular flexibility index (Phi) is 2.32. The van der Waals surface area contributed by atoms with Crippen molar-refractivity contribution in [2.75, 3.05) is 19.8 Å². The van der Waals surface area contributed by atoms with Crippen molar-refractivity contribution < 1.29 is 19.1 Å². The number of esters is 1. The van der Waals surface area contributed by atoms with Crippen molar-refractivity contribution in [2.45, 2.75) is 12.5 Å². The molecule has 15 heavy (non-hydrogen) atoms. The van der Waals surface area contributed by atoms with Gasteiger partial charge in [-0.15, -0.1) is 0 Å². The van der Waals surface area contributed by atoms with E-state index in [2.05, 4.69) is 15.4 Å². The molecule has 1 aliphatic heterocycles. The van der Waals surface area contributed by atoms with E-state index in [0.29, 0.717) is 6.67 Å². The maximum atomic E-state index is 11.7. The first-order chi connectivity index (χ1) is 7.13. The Labute approximate surface area is 86.3 Å². The maximum Gasteiger partial charge on any atom is 0.324 e. The molecule has 2 fully saturated rings. The Bertz CT molecular complexity index is 315. The first-order valence-corrected chi connectivity index (χ1v) is 4.84. The van der Waals surface area contributed by atoms with Gasteiger partial charge in [-0.1, -0.05) is 0 Å². The van der Waals surface area contributed by atoms with Crippen LogP contribution in [0.4, 0.5) is 0 Å². The molecule has 0 amide bonds. The van der Waals surface area contributed by atoms with Crippen LogP contribution in [0.15, 0.2) is 0 Å². The summed E-state index contributed by atoms with van der Waals surface area (Å²) in [6.07, 6.45) is 0. The molecule has 1 spiro atoms. The van der Waals surface area contributed by atoms with Crippen LogP contribution in [0.1, 0.15) is 6.92 Å². The molecule has 2 rings (SSSR count). The van der Waals surface area contributed by atoms with Crippen LogP contribution in [0.5, 0.6) is 0 Å². The Morgan fingerprint density at radius 2 is 2.20 bits per heavy atom. The van der Waals surface area contributed by atoms with E-state index in [9.17, 15) is 14.4 Å². The van der Waals surface area contributed by atoms with Gasteiger partial charge in [-0.25, -0.2) is 0 Å². The average molecular weight is 212 g/mol. The molecule has 0 aromatic heterocycles. The largest absolute Gasteiger partial charge is 0.465 e. The number of ether oxygens (including phenoxy) is 1. The van der Waals surface area contributed by atoms with Crippen molar-refractivity contribution in [2.24, 2.45) is 5.92 Å². The molecule has 6 nitrogen and oxygen atoms in total. The van der Waals surface area contributed by atoms with Gasteiger partial charge in [0.1, 0.15) is 0 Å². The smallest absolute Gasteiger partial charge is 0.324 e. The molecule has 6 heteroatoms. The third-order valence-electron chi connectivity index (χ3n) is 2.79. The number of ketones is 2. The first-order valence-electron chi connectivity index (χ1n) is 4.84. The van der Waals surface area contributed by atoms with Crippen LogP contribution in [0.25, 0.3) is 0 Å². The van der Waals surface area contributed by atoms with E-state index in [0.717, 1.165) is 0 Å². The van der Waals surface area contributed by atoms with Crippen molar-refractivity contribution in [1.82, 2.24) is 10.6 Å². The van der Waals surface area contributed by atoms with E-state index < -0.39 is 17.4 Å². The Hall–Kier alpha value is -1.27. The lowest BCUT2D eigenvalue weighted by molar-refractivity contribution is -0.166. The molecule has 1 aliphatic carbocycles. The maximum absolute atomic E-state index is 11.7. The first kappa shape index (κ1) is 10.3. The minimum Gasteiger partial charge on any atom is -0.465 e. The van der Waals surface area contributed by atoms with Gasteiger partial charge >= 0.3 is 5.97 Å². The zero-order valence-electron chi connectivity index (χ0n) is 8.33. The summed E-state index contributed by atoms with van der Waals surface area (Å²) in [7, 11) is 0. The second-order valence-electron chi connectivity index (χ2n) is 3.60. The second-order valence-corrected chi connectivity index (χ2v) is 3.60. The second kappa shape index (κ2) is 3.39. The van der Waals surface area contributed by atoms with E-state index in [1.807, 2.05) is 0 Å². The number of hydrogen-bond acceptors (Lipinski definition) is 6. The summed E-state index contributed by atoms with van der Waals surface area (Å²) in [6, 6.07) is 0. The fourth-order valence-corrected chi connectivity index (χ4v) is 1.97. The highest BCUT2D eigenvalue weighted by Crippen LogP contribution is 2.32. The predicted octanol–water partition coefficient (Wildman–Crippen LogP) is -1.79. The van der Waals surface area contributed by atoms with E-state index >= 15 is 0 Å². The molecule has 0 aromatic rings. The molecule has 1 heterocycles. The fraction of sp³-hybridized carbons (Fsp3) is 0.667. The minimum absolute atomic E-state index is 0.175. The molecule has 0 atom stereocenters. The zero-order chi connectivity index (χ0) is 11.1. The molecule has 82 valence electrons. The summed E-state index contributed by atoms with van der Waals surface area (Å²) >= 11 is 0. The van der Waals surface area contributed by atoms with Gasteiger partial charge in [0.25, 0.3) is 0 Å². The summed E-state index contributed by atoms with van der Waals surface area (Å²) in [5.41, 5.74) is -1.16. The quantitative estimate of drug-likeness (QED) is 0.415. The SMILES string of the molecule is CCOC(=O)C1C(=O)C2(CNCN2)C1=O. The van der Waals surface area contributed by atoms with Gasteiger partial charge in [-0.3, -0.25) is 19.7 Å². The van der Waals surface area contributed by atoms with E-state index in [-0.39, 0.29) is 24.7 Å². The minimum atomic E-state index is -1.21. The molecule has 1 saturated heterocycles. The lowest BCUT2D eigenvalue weighted by atomic mass is 9.66. The van der Waals surface area contributed by atoms with Crippen molar-refractivity contribution in [1.29, 1.82) is 0 Å². The zero-order valence-corrected chi connectivity index (χ0v) is 8.33. The topological polar surface area (TPSA) is 84.5 Å². The van der Waals surface area contributed by atoms with Crippen LogP contribution in [-0.4, -0.2) is 42.9 Å². The monoisotopic (exact) mass is 212 g/mol. The van der Waals surface area contributed by atoms with Crippen molar-refractivity contribution in [3.8, 4) is 0 Å². The molecule has 2 N–H and O–H groups in total. The molecule has 0 unspecified atom stereocenters. The highest BCUT2D eigenvalue weighted by molar-refractivity contribution is 6.39. The van der Waals surface area contributed by atoms with Crippen LogP contribution in [0.2, 0.25) is 0 Å². The number of Topliss-reactive ketones (excluding diaryl/α,β-unsaturated/α-hetero) is 2. The Morgan fingerprint density at radius 1 is 1.53 bits per heavy atom. The summed E-state index contributed by atoms with van der Waals surface area (Å²) in [6.45, 7) is 2.48. The van der Waals surface area contributed by atoms with E-state index in [1.54, 1.807) is 6.92 Å². The molecule has 0 aromatic carbocycles. The number of rotatable bonds is 2. The van der Waals surface area contributed by atoms with Crippen LogP contribution >= 0.6 is 0 Å². The summed E-state index contributed by atoms with van der Waals surface area (Å²) in [5.74, 6) is -2.70. The fourth-order valence-electron chi connectivity index (χ4n) is 1.97. The van der Waals surface area contributed by atoms with Gasteiger partial charge < -0.3 is 10.1 Å². The molecule has 2 aliphatic rings. The van der Waals surface area contributed by atoms with Gasteiger partial charge in [0, 0.05) is 13.2 Å². The lowest BCUT2D eigenvalue weighted by Gasteiger charge is -2.38. The lowest BCUT2D eigenvalue weighted by Crippen LogP contribution is -2.73. The standard InChI is InChI=1S/C9H12N2O4/c1-2-15-8(14)5-6(12)9(7(5)13)3-10-4-11-9/h5,10-11H,2-4H2,1H3. The number of nitrogens with one attached hydrogen (secondary N) is 2. The highest BCUT2D eigenvalue weighted by Gasteiger charge is 2.66. The predicted molar refractivity (Wildman–Crippen MR) is 48.9 cm³/mol. The molecule has 0 radical (unpaired) electrons. The van der Waals surface area contributed by atoms with Crippen molar-refractivity contribution in [3.63, 3.8) is 0 Å². The van der Waals surface area contributed by atoms with E-state index in [4.69, 9.17) is 0 Å². The summed E-state index contributed by atoms with van der Waals surface area (Å²) in [5, 5.41) is 5.64. The number of carbonyl (C=O) groups is 3. The third kappa shape index (κ3) is 1.22. The molecular formula is C9H12N2O4. The Balaban J connectivity index is 2.11.